The van der Waals surface area contributed by atoms with Gasteiger partial charge in [0.1, 0.15) is 5.75 Å². The summed E-state index contributed by atoms with van der Waals surface area (Å²) in [6, 6.07) is 3.79. The van der Waals surface area contributed by atoms with Crippen molar-refractivity contribution < 1.29 is 4.74 Å². The predicted octanol–water partition coefficient (Wildman–Crippen LogP) is 2.70. The van der Waals surface area contributed by atoms with Gasteiger partial charge < -0.3 is 4.74 Å². The smallest absolute Gasteiger partial charge is 0.137 e. The first-order valence-corrected chi connectivity index (χ1v) is 5.36. The number of unbranched alkanes of at least 4 members (excludes halogenated alkanes) is 2. The van der Waals surface area contributed by atoms with Crippen molar-refractivity contribution in [3.05, 3.63) is 24.0 Å². The second-order valence-corrected chi connectivity index (χ2v) is 3.37. The molecule has 0 aliphatic carbocycles. The Kier molecular flexibility index (Phi) is 5.44. The summed E-state index contributed by atoms with van der Waals surface area (Å²) in [6.45, 7) is 3.08. The molecule has 0 atom stereocenters. The molecule has 1 rings (SSSR count). The van der Waals surface area contributed by atoms with E-state index >= 15 is 0 Å². The lowest BCUT2D eigenvalue weighted by molar-refractivity contribution is 0.413. The van der Waals surface area contributed by atoms with Crippen LogP contribution in [0.25, 0.3) is 0 Å². The first-order valence-electron chi connectivity index (χ1n) is 5.36. The minimum Gasteiger partial charge on any atom is -0.495 e. The maximum absolute atomic E-state index is 5.02. The van der Waals surface area contributed by atoms with Crippen LogP contribution in [0.4, 0.5) is 0 Å². The Morgan fingerprint density at radius 3 is 2.87 bits per heavy atom. The van der Waals surface area contributed by atoms with E-state index in [0.717, 1.165) is 24.4 Å². The van der Waals surface area contributed by atoms with Crippen LogP contribution in [0.15, 0.2) is 23.3 Å². The number of methoxy groups -OCH3 is 1. The van der Waals surface area contributed by atoms with Gasteiger partial charge in [0.15, 0.2) is 0 Å². The minimum absolute atomic E-state index is 0.776. The number of rotatable bonds is 6. The normalized spacial score (nSPS) is 10.8. The largest absolute Gasteiger partial charge is 0.495 e. The Morgan fingerprint density at radius 2 is 2.27 bits per heavy atom. The fourth-order valence-electron chi connectivity index (χ4n) is 1.20. The Balaban J connectivity index is 2.36. The predicted molar refractivity (Wildman–Crippen MR) is 62.8 cm³/mol. The van der Waals surface area contributed by atoms with E-state index in [-0.39, 0.29) is 0 Å². The molecule has 0 aliphatic rings. The van der Waals surface area contributed by atoms with Gasteiger partial charge in [-0.3, -0.25) is 9.98 Å². The Bertz CT molecular complexity index is 293. The highest BCUT2D eigenvalue weighted by molar-refractivity contribution is 5.76. The van der Waals surface area contributed by atoms with E-state index in [1.165, 1.54) is 12.8 Å². The molecule has 82 valence electrons. The van der Waals surface area contributed by atoms with Crippen LogP contribution in [0, 0.1) is 0 Å². The molecule has 0 unspecified atom stereocenters. The molecule has 1 aromatic rings. The summed E-state index contributed by atoms with van der Waals surface area (Å²) in [5, 5.41) is 0. The van der Waals surface area contributed by atoms with Crippen LogP contribution in [0.1, 0.15) is 31.9 Å². The number of ether oxygens (including phenoxy) is 1. The molecule has 3 nitrogen and oxygen atoms in total. The number of hydrogen-bond donors (Lipinski definition) is 0. The van der Waals surface area contributed by atoms with Gasteiger partial charge >= 0.3 is 0 Å². The van der Waals surface area contributed by atoms with E-state index in [0.29, 0.717) is 0 Å². The quantitative estimate of drug-likeness (QED) is 0.530. The van der Waals surface area contributed by atoms with Crippen LogP contribution < -0.4 is 4.74 Å². The fraction of sp³-hybridized carbons (Fsp3) is 0.500. The van der Waals surface area contributed by atoms with Crippen LogP contribution in [0.3, 0.4) is 0 Å². The second kappa shape index (κ2) is 6.98. The number of aromatic nitrogens is 1. The highest BCUT2D eigenvalue weighted by atomic mass is 16.5. The lowest BCUT2D eigenvalue weighted by atomic mass is 10.2. The molecule has 0 aliphatic heterocycles. The summed E-state index contributed by atoms with van der Waals surface area (Å²) in [5.41, 5.74) is 0.882. The van der Waals surface area contributed by atoms with Gasteiger partial charge in [-0.1, -0.05) is 19.8 Å². The van der Waals surface area contributed by atoms with Crippen LogP contribution in [0.5, 0.6) is 5.75 Å². The van der Waals surface area contributed by atoms with Gasteiger partial charge in [0.2, 0.25) is 0 Å². The zero-order valence-corrected chi connectivity index (χ0v) is 9.44. The average molecular weight is 206 g/mol. The summed E-state index contributed by atoms with van der Waals surface area (Å²) >= 11 is 0. The van der Waals surface area contributed by atoms with Crippen molar-refractivity contribution in [3.63, 3.8) is 0 Å². The van der Waals surface area contributed by atoms with Crippen LogP contribution in [0.2, 0.25) is 0 Å². The molecule has 0 aromatic carbocycles. The lowest BCUT2D eigenvalue weighted by Crippen LogP contribution is -1.90. The third kappa shape index (κ3) is 4.58. The molecule has 15 heavy (non-hydrogen) atoms. The summed E-state index contributed by atoms with van der Waals surface area (Å²) in [7, 11) is 1.63. The van der Waals surface area contributed by atoms with Gasteiger partial charge in [-0.15, -0.1) is 0 Å². The first kappa shape index (κ1) is 11.7. The molecule has 1 aromatic heterocycles. The summed E-state index contributed by atoms with van der Waals surface area (Å²) in [4.78, 5) is 8.50. The van der Waals surface area contributed by atoms with E-state index in [2.05, 4.69) is 16.9 Å². The molecule has 0 N–H and O–H groups in total. The van der Waals surface area contributed by atoms with Gasteiger partial charge in [0, 0.05) is 12.8 Å². The van der Waals surface area contributed by atoms with Crippen molar-refractivity contribution in [1.82, 2.24) is 4.98 Å². The highest BCUT2D eigenvalue weighted by Gasteiger charge is 1.91. The summed E-state index contributed by atoms with van der Waals surface area (Å²) in [5.74, 6) is 0.776. The fourth-order valence-corrected chi connectivity index (χ4v) is 1.20. The van der Waals surface area contributed by atoms with Crippen LogP contribution >= 0.6 is 0 Å². The van der Waals surface area contributed by atoms with Crippen molar-refractivity contribution in [2.45, 2.75) is 26.2 Å². The standard InChI is InChI=1S/C12H18N2O/c1-3-4-5-8-13-9-11-6-7-12(15-2)10-14-11/h6-7,9-10H,3-5,8H2,1-2H3. The summed E-state index contributed by atoms with van der Waals surface area (Å²) < 4.78 is 5.02. The van der Waals surface area contributed by atoms with E-state index in [9.17, 15) is 0 Å². The molecule has 3 heteroatoms. The van der Waals surface area contributed by atoms with Crippen LogP contribution in [-0.2, 0) is 0 Å². The molecule has 0 spiro atoms. The van der Waals surface area contributed by atoms with Gasteiger partial charge in [-0.2, -0.15) is 0 Å². The number of nitrogens with zero attached hydrogens (tertiary/aromatic N) is 2. The monoisotopic (exact) mass is 206 g/mol. The van der Waals surface area contributed by atoms with E-state index in [1.54, 1.807) is 13.3 Å². The minimum atomic E-state index is 0.776. The van der Waals surface area contributed by atoms with Crippen molar-refractivity contribution in [2.75, 3.05) is 13.7 Å². The molecular formula is C12H18N2O. The maximum atomic E-state index is 5.02. The van der Waals surface area contributed by atoms with Crippen molar-refractivity contribution >= 4 is 6.21 Å². The van der Waals surface area contributed by atoms with Gasteiger partial charge in [0.05, 0.1) is 19.0 Å². The highest BCUT2D eigenvalue weighted by Crippen LogP contribution is 2.06. The lowest BCUT2D eigenvalue weighted by Gasteiger charge is -1.98. The maximum Gasteiger partial charge on any atom is 0.137 e. The Morgan fingerprint density at radius 1 is 1.40 bits per heavy atom. The second-order valence-electron chi connectivity index (χ2n) is 3.37. The third-order valence-corrected chi connectivity index (χ3v) is 2.11. The number of aliphatic imine (C=N–C) groups is 1. The molecular weight excluding hydrogens is 188 g/mol. The number of hydrogen-bond acceptors (Lipinski definition) is 3. The SMILES string of the molecule is CCCCCN=Cc1ccc(OC)cn1. The van der Waals surface area contributed by atoms with Crippen molar-refractivity contribution in [3.8, 4) is 5.75 Å². The Hall–Kier alpha value is -1.38. The molecule has 0 amide bonds. The zero-order valence-electron chi connectivity index (χ0n) is 9.44. The van der Waals surface area contributed by atoms with Gasteiger partial charge in [0.25, 0.3) is 0 Å². The van der Waals surface area contributed by atoms with Crippen molar-refractivity contribution in [1.29, 1.82) is 0 Å². The van der Waals surface area contributed by atoms with Gasteiger partial charge in [-0.05, 0) is 18.6 Å². The van der Waals surface area contributed by atoms with E-state index in [1.807, 2.05) is 18.3 Å². The van der Waals surface area contributed by atoms with Crippen LogP contribution in [-0.4, -0.2) is 24.9 Å². The molecule has 0 radical (unpaired) electrons. The molecule has 0 fully saturated rings. The summed E-state index contributed by atoms with van der Waals surface area (Å²) in [6.07, 6.45) is 7.15. The molecule has 0 saturated heterocycles. The topological polar surface area (TPSA) is 34.5 Å². The van der Waals surface area contributed by atoms with Gasteiger partial charge in [-0.25, -0.2) is 0 Å². The van der Waals surface area contributed by atoms with E-state index < -0.39 is 0 Å². The molecule has 1 heterocycles. The Labute approximate surface area is 91.2 Å². The van der Waals surface area contributed by atoms with Crippen molar-refractivity contribution in [2.24, 2.45) is 4.99 Å². The molecule has 0 bridgehead atoms. The zero-order chi connectivity index (χ0) is 10.9. The third-order valence-electron chi connectivity index (χ3n) is 2.11. The molecule has 0 saturated carbocycles. The average Bonchev–Trinajstić information content (AvgIpc) is 2.30. The number of pyridine rings is 1. The van der Waals surface area contributed by atoms with E-state index in [4.69, 9.17) is 4.74 Å². The first-order chi connectivity index (χ1) is 7.36.